The first-order valence-electron chi connectivity index (χ1n) is 1.85. The zero-order valence-corrected chi connectivity index (χ0v) is 13.7. The maximum absolute atomic E-state index is 8.49. The van der Waals surface area contributed by atoms with Crippen molar-refractivity contribution in [1.82, 2.24) is 0 Å². The molecule has 22 heavy (non-hydrogen) atoms. The van der Waals surface area contributed by atoms with Crippen LogP contribution in [0.3, 0.4) is 0 Å². The molecule has 0 aromatic carbocycles. The van der Waals surface area contributed by atoms with Gasteiger partial charge in [-0.3, -0.25) is 0 Å². The minimum Gasteiger partial charge on any atom is -0.412 e. The molecule has 0 heterocycles. The summed E-state index contributed by atoms with van der Waals surface area (Å²) in [7, 11) is -14.8. The van der Waals surface area contributed by atoms with E-state index in [0.29, 0.717) is 0 Å². The van der Waals surface area contributed by atoms with Gasteiger partial charge in [0.05, 0.1) is 0 Å². The van der Waals surface area contributed by atoms with Crippen LogP contribution in [0.25, 0.3) is 0 Å². The molecule has 0 amide bonds. The van der Waals surface area contributed by atoms with Crippen LogP contribution in [-0.2, 0) is 25.8 Å². The van der Waals surface area contributed by atoms with Crippen LogP contribution < -0.4 is 55.9 Å². The van der Waals surface area contributed by atoms with E-state index in [4.69, 9.17) is 55.9 Å². The molecule has 18 nitrogen and oxygen atoms in total. The van der Waals surface area contributed by atoms with Crippen molar-refractivity contribution in [2.75, 3.05) is 0 Å². The molecule has 0 aliphatic carbocycles. The fourth-order valence-electron chi connectivity index (χ4n) is 0. The molecule has 0 atom stereocenters. The van der Waals surface area contributed by atoms with Gasteiger partial charge in [0.25, 0.3) is 0 Å². The number of halogens is 3. The Labute approximate surface area is 145 Å². The molecule has 12 N–H and O–H groups in total. The van der Waals surface area contributed by atoms with Gasteiger partial charge >= 0.3 is 25.8 Å². The molecule has 22 heteroatoms. The van der Waals surface area contributed by atoms with Crippen molar-refractivity contribution in [3.8, 4) is 0 Å². The van der Waals surface area contributed by atoms with E-state index in [9.17, 15) is 0 Å². The van der Waals surface area contributed by atoms with Crippen LogP contribution in [0.4, 0.5) is 0 Å². The molecule has 0 radical (unpaired) electrons. The summed E-state index contributed by atoms with van der Waals surface area (Å²) >= 11 is 0. The van der Waals surface area contributed by atoms with E-state index in [-0.39, 0.29) is 58.7 Å². The Morgan fingerprint density at radius 3 is 0.273 bits per heavy atom. The molecule has 0 aromatic heterocycles. The normalized spacial score (nSPS) is 8.18. The van der Waals surface area contributed by atoms with Crippen LogP contribution >= 0.6 is 0 Å². The van der Waals surface area contributed by atoms with Crippen molar-refractivity contribution in [2.24, 2.45) is 0 Å². The summed E-state index contributed by atoms with van der Waals surface area (Å²) in [5, 5.41) is 0. The summed E-state index contributed by atoms with van der Waals surface area (Å²) in [5.74, 6) is 0. The third-order valence-corrected chi connectivity index (χ3v) is 0. The van der Waals surface area contributed by atoms with Crippen molar-refractivity contribution >= 4 is 0 Å². The van der Waals surface area contributed by atoms with Gasteiger partial charge in [0.1, 0.15) is 0 Å². The van der Waals surface area contributed by atoms with E-state index in [2.05, 4.69) is 0 Å². The molecule has 0 bridgehead atoms. The largest absolute Gasteiger partial charge is 3.00 e. The Kier molecular flexibility index (Phi) is 80.5. The first-order chi connectivity index (χ1) is 6.00. The van der Waals surface area contributed by atoms with Gasteiger partial charge in [0.2, 0.25) is 0 Å². The van der Waals surface area contributed by atoms with Crippen molar-refractivity contribution in [3.63, 3.8) is 0 Å². The molecule has 0 saturated heterocycles. The van der Waals surface area contributed by atoms with Crippen LogP contribution in [-0.4, -0.2) is 32.9 Å². The van der Waals surface area contributed by atoms with E-state index in [1.807, 2.05) is 0 Å². The summed E-state index contributed by atoms with van der Waals surface area (Å²) in [5.41, 5.74) is 0. The van der Waals surface area contributed by atoms with E-state index in [1.165, 1.54) is 0 Å². The Morgan fingerprint density at radius 2 is 0.273 bits per heavy atom. The van der Waals surface area contributed by atoms with Crippen LogP contribution in [0.1, 0.15) is 0 Å². The molecule has 0 aliphatic rings. The maximum Gasteiger partial charge on any atom is 3.00 e. The summed E-state index contributed by atoms with van der Waals surface area (Å²) in [4.78, 5) is 0. The smallest absolute Gasteiger partial charge is 0.412 e. The first kappa shape index (κ1) is 65.8. The Bertz CT molecular complexity index is 93.4. The Hall–Kier alpha value is 1.02. The third kappa shape index (κ3) is 8100. The van der Waals surface area contributed by atoms with Gasteiger partial charge < -0.3 is 32.9 Å². The Morgan fingerprint density at radius 1 is 0.273 bits per heavy atom. The number of hydrogen-bond donors (Lipinski definition) is 0. The molecule has 0 saturated carbocycles. The molecular formula is H12Cl3O18Sc. The predicted molar refractivity (Wildman–Crippen MR) is 21.7 cm³/mol. The molecule has 0 fully saturated rings. The number of rotatable bonds is 0. The molecular weight excluding hydrogens is 439 g/mol. The summed E-state index contributed by atoms with van der Waals surface area (Å²) < 4.78 is 102. The SMILES string of the molecule is O.O.O.O.O.O.[O-][Cl+3]([O-])([O-])[O-].[O-][Cl+3]([O-])([O-])[O-].[O-][Cl+3]([O-])([O-])[O-].[Sc+3]. The van der Waals surface area contributed by atoms with Gasteiger partial charge in [-0.15, -0.1) is 30.7 Å². The molecule has 144 valence electrons. The molecule has 0 rings (SSSR count). The standard InChI is InChI=1S/3ClHO4.6H2O.Sc/c3*2-1(3,4)5;;;;;;;/h3*(H,2,3,4,5);6*1H2;/q;;;;;;;;;+3/p-3. The van der Waals surface area contributed by atoms with Crippen LogP contribution in [0.15, 0.2) is 0 Å². The monoisotopic (exact) mass is 450 g/mol. The minimum atomic E-state index is -4.94. The van der Waals surface area contributed by atoms with Gasteiger partial charge in [0, 0.05) is 0 Å². The quantitative estimate of drug-likeness (QED) is 0.331. The topological polar surface area (TPSA) is 466 Å². The van der Waals surface area contributed by atoms with E-state index >= 15 is 0 Å². The fraction of sp³-hybridized carbons (Fsp3) is 0. The van der Waals surface area contributed by atoms with Gasteiger partial charge in [-0.2, -0.15) is 0 Å². The molecule has 0 aliphatic heterocycles. The second-order valence-electron chi connectivity index (χ2n) is 1.13. The molecule has 0 unspecified atom stereocenters. The Balaban J connectivity index is -0.0000000106. The van der Waals surface area contributed by atoms with Crippen molar-refractivity contribution in [3.05, 3.63) is 0 Å². The second kappa shape index (κ2) is 26.9. The van der Waals surface area contributed by atoms with Gasteiger partial charge in [-0.25, -0.2) is 55.9 Å². The molecule has 0 spiro atoms. The summed E-state index contributed by atoms with van der Waals surface area (Å²) in [6, 6.07) is 0. The van der Waals surface area contributed by atoms with Gasteiger partial charge in [-0.1, -0.05) is 0 Å². The van der Waals surface area contributed by atoms with Gasteiger partial charge in [-0.05, 0) is 0 Å². The van der Waals surface area contributed by atoms with E-state index in [1.54, 1.807) is 0 Å². The van der Waals surface area contributed by atoms with Crippen molar-refractivity contribution in [1.29, 1.82) is 0 Å². The zero-order valence-electron chi connectivity index (χ0n) is 9.61. The average Bonchev–Trinajstić information content (AvgIpc) is 1.41. The van der Waals surface area contributed by atoms with Crippen LogP contribution in [0.5, 0.6) is 0 Å². The van der Waals surface area contributed by atoms with Crippen molar-refractivity contribution in [2.45, 2.75) is 0 Å². The summed E-state index contributed by atoms with van der Waals surface area (Å²) in [6.07, 6.45) is 0. The second-order valence-corrected chi connectivity index (χ2v) is 3.40. The minimum absolute atomic E-state index is 0. The number of hydrogen-bond acceptors (Lipinski definition) is 12. The first-order valence-corrected chi connectivity index (χ1v) is 5.55. The summed E-state index contributed by atoms with van der Waals surface area (Å²) in [6.45, 7) is 0. The fourth-order valence-corrected chi connectivity index (χ4v) is 0. The van der Waals surface area contributed by atoms with Crippen LogP contribution in [0, 0.1) is 30.7 Å². The third-order valence-electron chi connectivity index (χ3n) is 0. The van der Waals surface area contributed by atoms with Gasteiger partial charge in [0.15, 0.2) is 0 Å². The van der Waals surface area contributed by atoms with Crippen LogP contribution in [0.2, 0.25) is 0 Å². The van der Waals surface area contributed by atoms with Crippen molar-refractivity contribution < 1.29 is 145 Å². The molecule has 0 aromatic rings. The predicted octanol–water partition coefficient (Wildman–Crippen LogP) is -19.2. The average molecular weight is 451 g/mol. The zero-order chi connectivity index (χ0) is 13.5. The maximum atomic E-state index is 8.49. The van der Waals surface area contributed by atoms with E-state index in [0.717, 1.165) is 0 Å². The van der Waals surface area contributed by atoms with E-state index < -0.39 is 30.7 Å².